The third kappa shape index (κ3) is 4.49. The van der Waals surface area contributed by atoms with Crippen LogP contribution in [0.25, 0.3) is 33.0 Å². The van der Waals surface area contributed by atoms with E-state index >= 15 is 0 Å². The molecule has 4 aromatic rings. The van der Waals surface area contributed by atoms with Gasteiger partial charge in [0, 0.05) is 43.3 Å². The SMILES string of the molecule is [C-]#[N+]c1cnc2ccc(-c3c(-c4cccc(C)n4)nn(COCC[Si](C)(C)C)c3C)cn12. The highest BCUT2D eigenvalue weighted by Crippen LogP contribution is 2.34. The van der Waals surface area contributed by atoms with E-state index in [1.54, 1.807) is 6.20 Å². The average molecular weight is 445 g/mol. The lowest BCUT2D eigenvalue weighted by atomic mass is 10.0. The zero-order valence-corrected chi connectivity index (χ0v) is 20.3. The molecule has 4 heterocycles. The summed E-state index contributed by atoms with van der Waals surface area (Å²) in [5, 5.41) is 4.90. The molecule has 0 spiro atoms. The number of ether oxygens (including phenoxy) is 1. The number of imidazole rings is 1. The van der Waals surface area contributed by atoms with E-state index in [9.17, 15) is 0 Å². The molecule has 0 aliphatic carbocycles. The van der Waals surface area contributed by atoms with Gasteiger partial charge in [0.15, 0.2) is 0 Å². The minimum atomic E-state index is -1.15. The summed E-state index contributed by atoms with van der Waals surface area (Å²) in [6.07, 6.45) is 3.55. The first-order valence-corrected chi connectivity index (χ1v) is 14.4. The molecule has 0 fully saturated rings. The molecule has 7 nitrogen and oxygen atoms in total. The number of hydrogen-bond donors (Lipinski definition) is 0. The van der Waals surface area contributed by atoms with Gasteiger partial charge < -0.3 is 9.58 Å². The fourth-order valence-electron chi connectivity index (χ4n) is 3.60. The first-order chi connectivity index (χ1) is 15.3. The van der Waals surface area contributed by atoms with Crippen molar-refractivity contribution in [2.75, 3.05) is 6.61 Å². The molecule has 4 aromatic heterocycles. The van der Waals surface area contributed by atoms with Gasteiger partial charge in [-0.3, -0.25) is 4.98 Å². The maximum absolute atomic E-state index is 7.43. The van der Waals surface area contributed by atoms with Gasteiger partial charge in [0.25, 0.3) is 5.82 Å². The van der Waals surface area contributed by atoms with Gasteiger partial charge in [-0.1, -0.05) is 32.3 Å². The molecular formula is C24H28N6OSi. The lowest BCUT2D eigenvalue weighted by molar-refractivity contribution is 0.0773. The van der Waals surface area contributed by atoms with Gasteiger partial charge in [-0.05, 0) is 38.1 Å². The Labute approximate surface area is 189 Å². The molecule has 0 radical (unpaired) electrons. The van der Waals surface area contributed by atoms with E-state index in [0.717, 1.165) is 52.2 Å². The Morgan fingerprint density at radius 2 is 1.94 bits per heavy atom. The minimum absolute atomic E-state index is 0.399. The number of hydrogen-bond acceptors (Lipinski definition) is 4. The highest BCUT2D eigenvalue weighted by Gasteiger charge is 2.21. The Morgan fingerprint density at radius 1 is 1.12 bits per heavy atom. The minimum Gasteiger partial charge on any atom is -0.362 e. The van der Waals surface area contributed by atoms with Crippen LogP contribution in [0.2, 0.25) is 25.7 Å². The second kappa shape index (κ2) is 8.69. The van der Waals surface area contributed by atoms with Gasteiger partial charge in [-0.25, -0.2) is 14.1 Å². The molecule has 164 valence electrons. The van der Waals surface area contributed by atoms with Crippen molar-refractivity contribution in [1.82, 2.24) is 24.1 Å². The zero-order valence-electron chi connectivity index (χ0n) is 19.3. The summed E-state index contributed by atoms with van der Waals surface area (Å²) in [6.45, 7) is 19.6. The average Bonchev–Trinajstić information content (AvgIpc) is 3.30. The molecular weight excluding hydrogens is 416 g/mol. The Hall–Kier alpha value is -3.28. The van der Waals surface area contributed by atoms with Gasteiger partial charge >= 0.3 is 0 Å². The second-order valence-electron chi connectivity index (χ2n) is 9.19. The van der Waals surface area contributed by atoms with E-state index in [4.69, 9.17) is 21.4 Å². The molecule has 0 bridgehead atoms. The van der Waals surface area contributed by atoms with Crippen LogP contribution < -0.4 is 0 Å². The largest absolute Gasteiger partial charge is 0.362 e. The zero-order chi connectivity index (χ0) is 22.9. The molecule has 0 aliphatic rings. The highest BCUT2D eigenvalue weighted by molar-refractivity contribution is 6.76. The van der Waals surface area contributed by atoms with Crippen molar-refractivity contribution in [3.63, 3.8) is 0 Å². The highest BCUT2D eigenvalue weighted by atomic mass is 28.3. The van der Waals surface area contributed by atoms with Crippen molar-refractivity contribution in [1.29, 1.82) is 0 Å². The second-order valence-corrected chi connectivity index (χ2v) is 14.8. The van der Waals surface area contributed by atoms with Gasteiger partial charge in [0.2, 0.25) is 5.65 Å². The van der Waals surface area contributed by atoms with E-state index in [1.165, 1.54) is 0 Å². The smallest absolute Gasteiger partial charge is 0.254 e. The quantitative estimate of drug-likeness (QED) is 0.207. The molecule has 0 N–H and O–H groups in total. The predicted molar refractivity (Wildman–Crippen MR) is 129 cm³/mol. The maximum Gasteiger partial charge on any atom is 0.254 e. The summed E-state index contributed by atoms with van der Waals surface area (Å²) in [5.74, 6) is 0.483. The number of aryl methyl sites for hydroxylation is 1. The van der Waals surface area contributed by atoms with E-state index in [0.29, 0.717) is 12.5 Å². The molecule has 0 aromatic carbocycles. The molecule has 4 rings (SSSR count). The lowest BCUT2D eigenvalue weighted by Gasteiger charge is -2.15. The third-order valence-corrected chi connectivity index (χ3v) is 7.14. The number of fused-ring (bicyclic) bond motifs is 1. The fraction of sp³-hybridized carbons (Fsp3) is 0.333. The summed E-state index contributed by atoms with van der Waals surface area (Å²) in [6, 6.07) is 11.0. The van der Waals surface area contributed by atoms with E-state index in [-0.39, 0.29) is 0 Å². The van der Waals surface area contributed by atoms with Crippen LogP contribution in [-0.4, -0.2) is 38.8 Å². The van der Waals surface area contributed by atoms with Crippen LogP contribution in [0.15, 0.2) is 42.7 Å². The molecule has 0 unspecified atom stereocenters. The van der Waals surface area contributed by atoms with Crippen LogP contribution in [-0.2, 0) is 11.5 Å². The van der Waals surface area contributed by atoms with Crippen LogP contribution in [0.5, 0.6) is 0 Å². The van der Waals surface area contributed by atoms with Gasteiger partial charge in [-0.2, -0.15) is 5.10 Å². The van der Waals surface area contributed by atoms with Crippen LogP contribution >= 0.6 is 0 Å². The third-order valence-electron chi connectivity index (χ3n) is 5.44. The van der Waals surface area contributed by atoms with E-state index in [2.05, 4.69) is 36.4 Å². The Morgan fingerprint density at radius 3 is 2.66 bits per heavy atom. The van der Waals surface area contributed by atoms with Crippen LogP contribution in [0, 0.1) is 20.4 Å². The predicted octanol–water partition coefficient (Wildman–Crippen LogP) is 5.74. The Bertz CT molecular complexity index is 1310. The summed E-state index contributed by atoms with van der Waals surface area (Å²) >= 11 is 0. The topological polar surface area (TPSA) is 61.6 Å². The normalized spacial score (nSPS) is 11.8. The summed E-state index contributed by atoms with van der Waals surface area (Å²) in [7, 11) is -1.15. The van der Waals surface area contributed by atoms with Crippen molar-refractivity contribution < 1.29 is 4.74 Å². The molecule has 0 saturated carbocycles. The molecule has 32 heavy (non-hydrogen) atoms. The number of rotatable bonds is 7. The summed E-state index contributed by atoms with van der Waals surface area (Å²) in [4.78, 5) is 12.6. The Kier molecular flexibility index (Phi) is 5.95. The Balaban J connectivity index is 1.78. The number of nitrogens with zero attached hydrogens (tertiary/aromatic N) is 6. The van der Waals surface area contributed by atoms with Gasteiger partial charge in [0.1, 0.15) is 12.4 Å². The maximum atomic E-state index is 7.43. The van der Waals surface area contributed by atoms with Crippen LogP contribution in [0.1, 0.15) is 11.4 Å². The first kappa shape index (κ1) is 21.9. The van der Waals surface area contributed by atoms with Gasteiger partial charge in [0.05, 0.1) is 18.1 Å². The monoisotopic (exact) mass is 444 g/mol. The number of aromatic nitrogens is 5. The van der Waals surface area contributed by atoms with Crippen molar-refractivity contribution in [3.05, 3.63) is 65.5 Å². The van der Waals surface area contributed by atoms with Crippen molar-refractivity contribution >= 4 is 19.5 Å². The van der Waals surface area contributed by atoms with Crippen LogP contribution in [0.3, 0.4) is 0 Å². The molecule has 8 heteroatoms. The summed E-state index contributed by atoms with van der Waals surface area (Å²) < 4.78 is 9.72. The summed E-state index contributed by atoms with van der Waals surface area (Å²) in [5.41, 5.74) is 6.26. The molecule has 0 saturated heterocycles. The first-order valence-electron chi connectivity index (χ1n) is 10.7. The molecule has 0 aliphatic heterocycles. The van der Waals surface area contributed by atoms with Crippen molar-refractivity contribution in [2.24, 2.45) is 0 Å². The number of pyridine rings is 2. The van der Waals surface area contributed by atoms with Crippen molar-refractivity contribution in [2.45, 2.75) is 46.3 Å². The van der Waals surface area contributed by atoms with E-state index < -0.39 is 8.07 Å². The van der Waals surface area contributed by atoms with Crippen molar-refractivity contribution in [3.8, 4) is 22.5 Å². The van der Waals surface area contributed by atoms with Gasteiger partial charge in [-0.15, -0.1) is 0 Å². The lowest BCUT2D eigenvalue weighted by Crippen LogP contribution is -2.22. The fourth-order valence-corrected chi connectivity index (χ4v) is 4.36. The molecule has 0 atom stereocenters. The standard InChI is InChI=1S/C24H28N6OSi/c1-17-8-7-9-20(27-17)24-23(18(2)30(28-24)16-31-12-13-32(4,5)6)19-10-11-21-26-14-22(25-3)29(21)15-19/h7-11,14-15H,12-13,16H2,1-2,4-6H3. The molecule has 0 amide bonds. The van der Waals surface area contributed by atoms with Crippen LogP contribution in [0.4, 0.5) is 5.82 Å². The van der Waals surface area contributed by atoms with E-state index in [1.807, 2.05) is 52.5 Å².